The molecule has 1 aliphatic heterocycles. The lowest BCUT2D eigenvalue weighted by Crippen LogP contribution is -2.45. The third-order valence-corrected chi connectivity index (χ3v) is 6.29. The van der Waals surface area contributed by atoms with Crippen molar-refractivity contribution in [1.82, 2.24) is 9.62 Å². The van der Waals surface area contributed by atoms with Gasteiger partial charge in [-0.2, -0.15) is 4.31 Å². The molecule has 1 fully saturated rings. The molecule has 7 nitrogen and oxygen atoms in total. The topological polar surface area (TPSA) is 84.9 Å². The highest BCUT2D eigenvalue weighted by molar-refractivity contribution is 7.89. The number of hydrogen-bond acceptors (Lipinski definition) is 5. The Balaban J connectivity index is 2.05. The molecule has 0 bridgehead atoms. The number of methoxy groups -OCH3 is 2. The Morgan fingerprint density at radius 3 is 2.58 bits per heavy atom. The zero-order valence-corrected chi connectivity index (χ0v) is 16.0. The largest absolute Gasteiger partial charge is 0.495 e. The van der Waals surface area contributed by atoms with Gasteiger partial charge in [-0.15, -0.1) is 0 Å². The van der Waals surface area contributed by atoms with E-state index in [-0.39, 0.29) is 41.6 Å². The summed E-state index contributed by atoms with van der Waals surface area (Å²) in [4.78, 5) is 12.1. The number of amides is 1. The molecule has 0 spiro atoms. The molecule has 0 aliphatic carbocycles. The van der Waals surface area contributed by atoms with Gasteiger partial charge in [0, 0.05) is 32.2 Å². The minimum Gasteiger partial charge on any atom is -0.495 e. The first-order chi connectivity index (χ1) is 12.3. The highest BCUT2D eigenvalue weighted by Gasteiger charge is 2.34. The zero-order chi connectivity index (χ0) is 19.3. The normalized spacial score (nSPS) is 17.7. The van der Waals surface area contributed by atoms with E-state index in [1.54, 1.807) is 7.11 Å². The lowest BCUT2D eigenvalue weighted by atomic mass is 9.97. The summed E-state index contributed by atoms with van der Waals surface area (Å²) in [7, 11) is -0.992. The van der Waals surface area contributed by atoms with Crippen LogP contribution in [0.15, 0.2) is 23.1 Å². The monoisotopic (exact) mass is 388 g/mol. The fourth-order valence-corrected chi connectivity index (χ4v) is 4.64. The van der Waals surface area contributed by atoms with Gasteiger partial charge < -0.3 is 14.8 Å². The first kappa shape index (κ1) is 20.6. The van der Waals surface area contributed by atoms with E-state index in [1.165, 1.54) is 17.5 Å². The number of nitrogens with one attached hydrogen (secondary N) is 1. The van der Waals surface area contributed by atoms with Crippen molar-refractivity contribution in [3.05, 3.63) is 24.0 Å². The Morgan fingerprint density at radius 1 is 1.35 bits per heavy atom. The molecule has 1 heterocycles. The van der Waals surface area contributed by atoms with E-state index in [0.29, 0.717) is 19.4 Å². The fourth-order valence-electron chi connectivity index (χ4n) is 3.00. The zero-order valence-electron chi connectivity index (χ0n) is 15.2. The number of rotatable bonds is 7. The van der Waals surface area contributed by atoms with Gasteiger partial charge in [-0.25, -0.2) is 12.8 Å². The summed E-state index contributed by atoms with van der Waals surface area (Å²) in [5.41, 5.74) is 0. The van der Waals surface area contributed by atoms with Crippen LogP contribution in [0.4, 0.5) is 4.39 Å². The predicted molar refractivity (Wildman–Crippen MR) is 93.9 cm³/mol. The van der Waals surface area contributed by atoms with E-state index < -0.39 is 15.8 Å². The molecule has 1 atom stereocenters. The van der Waals surface area contributed by atoms with E-state index in [2.05, 4.69) is 5.32 Å². The van der Waals surface area contributed by atoms with Crippen molar-refractivity contribution < 1.29 is 27.1 Å². The van der Waals surface area contributed by atoms with Crippen molar-refractivity contribution in [1.29, 1.82) is 0 Å². The van der Waals surface area contributed by atoms with Gasteiger partial charge in [0.2, 0.25) is 15.9 Å². The van der Waals surface area contributed by atoms with Crippen molar-refractivity contribution in [2.45, 2.75) is 30.7 Å². The first-order valence-corrected chi connectivity index (χ1v) is 9.86. The Kier molecular flexibility index (Phi) is 6.96. The van der Waals surface area contributed by atoms with Crippen LogP contribution < -0.4 is 10.1 Å². The lowest BCUT2D eigenvalue weighted by Gasteiger charge is -2.31. The molecule has 0 saturated carbocycles. The number of nitrogens with zero attached hydrogens (tertiary/aromatic N) is 1. The summed E-state index contributed by atoms with van der Waals surface area (Å²) in [6, 6.07) is 3.29. The van der Waals surface area contributed by atoms with Gasteiger partial charge in [0.25, 0.3) is 0 Å². The van der Waals surface area contributed by atoms with Crippen LogP contribution in [-0.4, -0.2) is 58.6 Å². The maximum absolute atomic E-state index is 13.5. The highest BCUT2D eigenvalue weighted by atomic mass is 32.2. The average molecular weight is 388 g/mol. The number of benzene rings is 1. The fraction of sp³-hybridized carbons (Fsp3) is 0.588. The third-order valence-electron chi connectivity index (χ3n) is 4.37. The molecule has 1 saturated heterocycles. The van der Waals surface area contributed by atoms with E-state index in [4.69, 9.17) is 9.47 Å². The van der Waals surface area contributed by atoms with Crippen LogP contribution in [-0.2, 0) is 19.6 Å². The van der Waals surface area contributed by atoms with Crippen molar-refractivity contribution in [3.63, 3.8) is 0 Å². The second-order valence-electron chi connectivity index (χ2n) is 6.34. The highest BCUT2D eigenvalue weighted by Crippen LogP contribution is 2.30. The van der Waals surface area contributed by atoms with E-state index in [1.807, 2.05) is 6.92 Å². The standard InChI is InChI=1S/C17H25FN2O5S/c1-12(11-24-2)19-17(21)13-6-8-20(9-7-13)26(22,23)16-10-14(18)4-5-15(16)25-3/h4-5,10,12-13H,6-9,11H2,1-3H3,(H,19,21). The molecule has 1 N–H and O–H groups in total. The van der Waals surface area contributed by atoms with Crippen LogP contribution in [0, 0.1) is 11.7 Å². The molecule has 9 heteroatoms. The van der Waals surface area contributed by atoms with Gasteiger partial charge in [0.05, 0.1) is 13.7 Å². The van der Waals surface area contributed by atoms with Crippen LogP contribution in [0.3, 0.4) is 0 Å². The minimum atomic E-state index is -3.89. The quantitative estimate of drug-likeness (QED) is 0.763. The number of carbonyl (C=O) groups is 1. The minimum absolute atomic E-state index is 0.0969. The van der Waals surface area contributed by atoms with Gasteiger partial charge >= 0.3 is 0 Å². The molecule has 1 aromatic rings. The summed E-state index contributed by atoms with van der Waals surface area (Å²) >= 11 is 0. The number of piperidine rings is 1. The number of ether oxygens (including phenoxy) is 2. The Hall–Kier alpha value is -1.71. The van der Waals surface area contributed by atoms with Crippen molar-refractivity contribution >= 4 is 15.9 Å². The SMILES string of the molecule is COCC(C)NC(=O)C1CCN(S(=O)(=O)c2cc(F)ccc2OC)CC1. The van der Waals surface area contributed by atoms with Crippen LogP contribution >= 0.6 is 0 Å². The summed E-state index contributed by atoms with van der Waals surface area (Å²) in [6.07, 6.45) is 0.810. The van der Waals surface area contributed by atoms with Gasteiger partial charge in [-0.05, 0) is 38.0 Å². The Bertz CT molecular complexity index is 733. The smallest absolute Gasteiger partial charge is 0.246 e. The Labute approximate surface area is 153 Å². The maximum Gasteiger partial charge on any atom is 0.246 e. The van der Waals surface area contributed by atoms with Crippen molar-refractivity contribution in [2.75, 3.05) is 33.9 Å². The average Bonchev–Trinajstić information content (AvgIpc) is 2.62. The van der Waals surface area contributed by atoms with Gasteiger partial charge in [-0.3, -0.25) is 4.79 Å². The molecule has 2 rings (SSSR count). The second kappa shape index (κ2) is 8.79. The molecule has 146 valence electrons. The van der Waals surface area contributed by atoms with Gasteiger partial charge in [-0.1, -0.05) is 0 Å². The van der Waals surface area contributed by atoms with Crippen LogP contribution in [0.2, 0.25) is 0 Å². The van der Waals surface area contributed by atoms with Gasteiger partial charge in [0.15, 0.2) is 0 Å². The molecule has 26 heavy (non-hydrogen) atoms. The predicted octanol–water partition coefficient (Wildman–Crippen LogP) is 1.39. The molecule has 1 unspecified atom stereocenters. The number of halogens is 1. The van der Waals surface area contributed by atoms with Crippen LogP contribution in [0.1, 0.15) is 19.8 Å². The summed E-state index contributed by atoms with van der Waals surface area (Å²) in [6.45, 7) is 2.65. The van der Waals surface area contributed by atoms with Gasteiger partial charge in [0.1, 0.15) is 16.5 Å². The second-order valence-corrected chi connectivity index (χ2v) is 8.24. The van der Waals surface area contributed by atoms with Crippen LogP contribution in [0.5, 0.6) is 5.75 Å². The molecule has 1 aromatic carbocycles. The summed E-state index contributed by atoms with van der Waals surface area (Å²) in [5, 5.41) is 2.86. The lowest BCUT2D eigenvalue weighted by molar-refractivity contribution is -0.127. The molecule has 1 amide bonds. The summed E-state index contributed by atoms with van der Waals surface area (Å²) < 4.78 is 50.5. The molecule has 0 radical (unpaired) electrons. The number of carbonyl (C=O) groups excluding carboxylic acids is 1. The van der Waals surface area contributed by atoms with Crippen molar-refractivity contribution in [3.8, 4) is 5.75 Å². The molecular formula is C17H25FN2O5S. The Morgan fingerprint density at radius 2 is 2.00 bits per heavy atom. The van der Waals surface area contributed by atoms with Crippen molar-refractivity contribution in [2.24, 2.45) is 5.92 Å². The number of hydrogen-bond donors (Lipinski definition) is 1. The molecular weight excluding hydrogens is 363 g/mol. The van der Waals surface area contributed by atoms with E-state index in [0.717, 1.165) is 12.1 Å². The van der Waals surface area contributed by atoms with Crippen LogP contribution in [0.25, 0.3) is 0 Å². The first-order valence-electron chi connectivity index (χ1n) is 8.42. The molecule has 0 aromatic heterocycles. The number of sulfonamides is 1. The third kappa shape index (κ3) is 4.72. The molecule has 1 aliphatic rings. The summed E-state index contributed by atoms with van der Waals surface area (Å²) in [5.74, 6) is -0.907. The maximum atomic E-state index is 13.5. The van der Waals surface area contributed by atoms with E-state index >= 15 is 0 Å². The van der Waals surface area contributed by atoms with E-state index in [9.17, 15) is 17.6 Å².